The van der Waals surface area contributed by atoms with Crippen LogP contribution >= 0.6 is 0 Å². The van der Waals surface area contributed by atoms with Crippen LogP contribution in [-0.2, 0) is 4.79 Å². The first-order chi connectivity index (χ1) is 16.3. The number of H-pyrrole nitrogens is 1. The Balaban J connectivity index is 0.000000481. The second-order valence-corrected chi connectivity index (χ2v) is 8.08. The van der Waals surface area contributed by atoms with Crippen LogP contribution in [0.2, 0.25) is 0 Å². The van der Waals surface area contributed by atoms with Crippen LogP contribution in [0.3, 0.4) is 0 Å². The van der Waals surface area contributed by atoms with Crippen molar-refractivity contribution in [2.24, 2.45) is 0 Å². The number of Topliss-reactive ketones (excluding diaryl/α,β-unsaturated/α-hetero) is 1. The molecule has 34 heavy (non-hydrogen) atoms. The topological polar surface area (TPSA) is 116 Å². The minimum absolute atomic E-state index is 0.0404. The minimum atomic E-state index is -1.23. The molecule has 3 aromatic rings. The zero-order valence-corrected chi connectivity index (χ0v) is 18.9. The lowest BCUT2D eigenvalue weighted by atomic mass is 10.1. The lowest BCUT2D eigenvalue weighted by Gasteiger charge is -2.26. The van der Waals surface area contributed by atoms with E-state index in [0.29, 0.717) is 12.0 Å². The Labute approximate surface area is 195 Å². The number of imidazole rings is 1. The van der Waals surface area contributed by atoms with Crippen molar-refractivity contribution in [1.82, 2.24) is 14.5 Å². The summed E-state index contributed by atoms with van der Waals surface area (Å²) in [5, 5.41) is 15.8. The number of aliphatic hydroxyl groups is 1. The fourth-order valence-electron chi connectivity index (χ4n) is 3.69. The number of carbonyl (C=O) groups is 2. The number of rotatable bonds is 7. The monoisotopic (exact) mass is 469 g/mol. The average molecular weight is 470 g/mol. The number of aliphatic carboxylic acids is 1. The third kappa shape index (κ3) is 6.49. The number of carboxylic acid groups (broad SMARTS) is 1. The Bertz CT molecular complexity index is 1230. The number of fused-ring (bicyclic) bond motifs is 1. The van der Waals surface area contributed by atoms with Crippen LogP contribution in [-0.4, -0.2) is 62.2 Å². The van der Waals surface area contributed by atoms with Gasteiger partial charge in [-0.2, -0.15) is 0 Å². The molecule has 0 saturated heterocycles. The maximum Gasteiger partial charge on any atom is 0.332 e. The molecule has 1 unspecified atom stereocenters. The maximum absolute atomic E-state index is 12.9. The molecule has 8 nitrogen and oxygen atoms in total. The molecule has 0 radical (unpaired) electrons. The van der Waals surface area contributed by atoms with Gasteiger partial charge in [-0.1, -0.05) is 18.2 Å². The number of ketones is 1. The molecule has 0 spiro atoms. The van der Waals surface area contributed by atoms with Gasteiger partial charge in [-0.3, -0.25) is 14.3 Å². The van der Waals surface area contributed by atoms with Crippen molar-refractivity contribution in [1.29, 1.82) is 0 Å². The van der Waals surface area contributed by atoms with Gasteiger partial charge in [0.1, 0.15) is 11.9 Å². The smallest absolute Gasteiger partial charge is 0.332 e. The van der Waals surface area contributed by atoms with Crippen molar-refractivity contribution in [3.8, 4) is 0 Å². The van der Waals surface area contributed by atoms with Crippen LogP contribution < -0.4 is 5.69 Å². The highest BCUT2D eigenvalue weighted by molar-refractivity contribution is 5.95. The van der Waals surface area contributed by atoms with Gasteiger partial charge in [0.2, 0.25) is 0 Å². The van der Waals surface area contributed by atoms with Crippen molar-refractivity contribution in [2.45, 2.75) is 32.3 Å². The molecule has 0 aliphatic carbocycles. The lowest BCUT2D eigenvalue weighted by molar-refractivity contribution is -0.145. The zero-order chi connectivity index (χ0) is 24.7. The average Bonchev–Trinajstić information content (AvgIpc) is 3.16. The Hall–Kier alpha value is -3.56. The number of hydrogen-bond donors (Lipinski definition) is 3. The molecule has 180 valence electrons. The predicted octanol–water partition coefficient (Wildman–Crippen LogP) is 3.13. The van der Waals surface area contributed by atoms with Crippen molar-refractivity contribution in [3.63, 3.8) is 0 Å². The molecular formula is C25H28FN3O5. The van der Waals surface area contributed by atoms with Crippen molar-refractivity contribution >= 4 is 28.5 Å². The third-order valence-electron chi connectivity index (χ3n) is 5.55. The standard InChI is InChI=1S/C22H22FN3O2.C3H6O3/c23-17-9-7-16(8-10-17)21(27)6-3-13-25-14-11-18(12-15-25)26-20-5-2-1-4-19(20)24-22(26)28;1-2(4)3(5)6/h1-2,4-5,7-11H,3,6,12-15H2,(H,24,28);2,4H,1H3,(H,5,6). The van der Waals surface area contributed by atoms with Gasteiger partial charge < -0.3 is 15.2 Å². The zero-order valence-electron chi connectivity index (χ0n) is 18.9. The number of aliphatic hydroxyl groups excluding tert-OH is 1. The molecule has 1 atom stereocenters. The van der Waals surface area contributed by atoms with E-state index in [1.807, 2.05) is 24.3 Å². The molecule has 4 rings (SSSR count). The van der Waals surface area contributed by atoms with Gasteiger partial charge in [0.05, 0.1) is 11.0 Å². The molecule has 0 bridgehead atoms. The summed E-state index contributed by atoms with van der Waals surface area (Å²) >= 11 is 0. The Morgan fingerprint density at radius 1 is 1.15 bits per heavy atom. The molecule has 0 saturated carbocycles. The number of nitrogens with one attached hydrogen (secondary N) is 1. The molecule has 0 amide bonds. The number of aromatic nitrogens is 2. The fraction of sp³-hybridized carbons (Fsp3) is 0.320. The van der Waals surface area contributed by atoms with E-state index in [0.717, 1.165) is 49.2 Å². The second kappa shape index (κ2) is 11.5. The largest absolute Gasteiger partial charge is 0.479 e. The van der Waals surface area contributed by atoms with Crippen molar-refractivity contribution < 1.29 is 24.2 Å². The van der Waals surface area contributed by atoms with Gasteiger partial charge in [0, 0.05) is 37.2 Å². The highest BCUT2D eigenvalue weighted by Gasteiger charge is 2.17. The summed E-state index contributed by atoms with van der Waals surface area (Å²) in [4.78, 5) is 39.1. The van der Waals surface area contributed by atoms with Crippen molar-refractivity contribution in [3.05, 3.63) is 76.5 Å². The number of aromatic amines is 1. The van der Waals surface area contributed by atoms with E-state index >= 15 is 0 Å². The van der Waals surface area contributed by atoms with E-state index in [1.165, 1.54) is 31.2 Å². The van der Waals surface area contributed by atoms with Crippen molar-refractivity contribution in [2.75, 3.05) is 19.6 Å². The van der Waals surface area contributed by atoms with E-state index in [-0.39, 0.29) is 17.3 Å². The van der Waals surface area contributed by atoms with Gasteiger partial charge in [-0.15, -0.1) is 0 Å². The minimum Gasteiger partial charge on any atom is -0.479 e. The molecular weight excluding hydrogens is 441 g/mol. The Kier molecular flexibility index (Phi) is 8.50. The SMILES string of the molecule is CC(O)C(=O)O.O=C(CCCN1CC=C(n2c(=O)[nH]c3ccccc32)CC1)c1ccc(F)cc1. The van der Waals surface area contributed by atoms with Gasteiger partial charge in [-0.05, 0) is 56.3 Å². The second-order valence-electron chi connectivity index (χ2n) is 8.08. The van der Waals surface area contributed by atoms with Gasteiger partial charge in [0.15, 0.2) is 5.78 Å². The van der Waals surface area contributed by atoms with Crippen LogP contribution in [0, 0.1) is 5.82 Å². The fourth-order valence-corrected chi connectivity index (χ4v) is 3.69. The molecule has 9 heteroatoms. The number of hydrogen-bond acceptors (Lipinski definition) is 5. The molecule has 3 N–H and O–H groups in total. The van der Waals surface area contributed by atoms with E-state index in [1.54, 1.807) is 4.57 Å². The number of benzene rings is 2. The van der Waals surface area contributed by atoms with E-state index in [4.69, 9.17) is 10.2 Å². The van der Waals surface area contributed by atoms with Crippen LogP contribution in [0.4, 0.5) is 4.39 Å². The van der Waals surface area contributed by atoms with Crippen LogP contribution in [0.5, 0.6) is 0 Å². The molecule has 0 fully saturated rings. The van der Waals surface area contributed by atoms with E-state index in [2.05, 4.69) is 16.0 Å². The summed E-state index contributed by atoms with van der Waals surface area (Å²) < 4.78 is 14.7. The predicted molar refractivity (Wildman–Crippen MR) is 127 cm³/mol. The van der Waals surface area contributed by atoms with E-state index < -0.39 is 12.1 Å². The normalized spacial score (nSPS) is 14.7. The summed E-state index contributed by atoms with van der Waals surface area (Å²) in [7, 11) is 0. The summed E-state index contributed by atoms with van der Waals surface area (Å²) in [6.07, 6.45) is 2.85. The molecule has 1 aliphatic heterocycles. The summed E-state index contributed by atoms with van der Waals surface area (Å²) in [5.41, 5.74) is 3.21. The first-order valence-electron chi connectivity index (χ1n) is 11.1. The highest BCUT2D eigenvalue weighted by atomic mass is 19.1. The summed E-state index contributed by atoms with van der Waals surface area (Å²) in [5.74, 6) is -1.48. The number of carboxylic acids is 1. The molecule has 2 heterocycles. The molecule has 1 aromatic heterocycles. The van der Waals surface area contributed by atoms with Gasteiger partial charge >= 0.3 is 11.7 Å². The molecule has 2 aromatic carbocycles. The van der Waals surface area contributed by atoms with Gasteiger partial charge in [-0.25, -0.2) is 14.0 Å². The van der Waals surface area contributed by atoms with Crippen LogP contribution in [0.15, 0.2) is 59.4 Å². The highest BCUT2D eigenvalue weighted by Crippen LogP contribution is 2.20. The summed E-state index contributed by atoms with van der Waals surface area (Å²) in [6, 6.07) is 13.4. The maximum atomic E-state index is 12.9. The number of nitrogens with zero attached hydrogens (tertiary/aromatic N) is 2. The Morgan fingerprint density at radius 2 is 1.82 bits per heavy atom. The number of carbonyl (C=O) groups excluding carboxylic acids is 1. The Morgan fingerprint density at radius 3 is 2.44 bits per heavy atom. The van der Waals surface area contributed by atoms with Gasteiger partial charge in [0.25, 0.3) is 0 Å². The van der Waals surface area contributed by atoms with Crippen LogP contribution in [0.1, 0.15) is 36.5 Å². The first kappa shape index (κ1) is 25.1. The number of para-hydroxylation sites is 2. The van der Waals surface area contributed by atoms with E-state index in [9.17, 15) is 18.8 Å². The lowest BCUT2D eigenvalue weighted by Crippen LogP contribution is -2.32. The summed E-state index contributed by atoms with van der Waals surface area (Å²) in [6.45, 7) is 3.62. The first-order valence-corrected chi connectivity index (χ1v) is 11.1. The number of halogens is 1. The quantitative estimate of drug-likeness (QED) is 0.458. The molecule has 1 aliphatic rings. The third-order valence-corrected chi connectivity index (χ3v) is 5.55. The van der Waals surface area contributed by atoms with Crippen LogP contribution in [0.25, 0.3) is 16.7 Å².